The highest BCUT2D eigenvalue weighted by Crippen LogP contribution is 2.30. The second-order valence-electron chi connectivity index (χ2n) is 3.49. The van der Waals surface area contributed by atoms with Crippen molar-refractivity contribution >= 4 is 21.9 Å². The van der Waals surface area contributed by atoms with Crippen molar-refractivity contribution in [3.05, 3.63) is 27.7 Å². The number of carboxylic acids is 1. The molecule has 4 heteroatoms. The third-order valence-corrected chi connectivity index (χ3v) is 2.61. The molecule has 15 heavy (non-hydrogen) atoms. The van der Waals surface area contributed by atoms with Gasteiger partial charge in [-0.15, -0.1) is 0 Å². The lowest BCUT2D eigenvalue weighted by Crippen LogP contribution is -2.23. The Morgan fingerprint density at radius 3 is 2.53 bits per heavy atom. The molecular weight excluding hydrogens is 260 g/mol. The first-order valence-corrected chi connectivity index (χ1v) is 5.37. The van der Waals surface area contributed by atoms with E-state index in [-0.39, 0.29) is 0 Å². The highest BCUT2D eigenvalue weighted by Gasteiger charge is 2.15. The zero-order valence-electron chi connectivity index (χ0n) is 8.87. The van der Waals surface area contributed by atoms with Crippen LogP contribution in [0.15, 0.2) is 16.6 Å². The molecule has 0 saturated heterocycles. The Balaban J connectivity index is 3.00. The third kappa shape index (κ3) is 2.96. The topological polar surface area (TPSA) is 46.5 Å². The molecule has 1 rings (SSSR count). The molecule has 0 aliphatic heterocycles. The van der Waals surface area contributed by atoms with Crippen molar-refractivity contribution in [1.82, 2.24) is 0 Å². The highest BCUT2D eigenvalue weighted by atomic mass is 79.9. The van der Waals surface area contributed by atoms with E-state index in [9.17, 15) is 4.79 Å². The average molecular weight is 273 g/mol. The molecule has 1 aromatic carbocycles. The molecule has 0 bridgehead atoms. The van der Waals surface area contributed by atoms with Crippen LogP contribution in [0.2, 0.25) is 0 Å². The summed E-state index contributed by atoms with van der Waals surface area (Å²) in [6.45, 7) is 5.37. The molecular formula is C11H13BrO3. The number of benzene rings is 1. The van der Waals surface area contributed by atoms with Crippen molar-refractivity contribution in [3.8, 4) is 5.75 Å². The van der Waals surface area contributed by atoms with Crippen molar-refractivity contribution < 1.29 is 14.6 Å². The molecule has 0 aliphatic carbocycles. The number of hydrogen-bond acceptors (Lipinski definition) is 2. The number of carboxylic acid groups (broad SMARTS) is 1. The van der Waals surface area contributed by atoms with Crippen molar-refractivity contribution in [2.75, 3.05) is 0 Å². The Hall–Kier alpha value is -1.03. The molecule has 0 radical (unpaired) electrons. The van der Waals surface area contributed by atoms with E-state index in [1.54, 1.807) is 0 Å². The van der Waals surface area contributed by atoms with Gasteiger partial charge in [-0.05, 0) is 53.9 Å². The zero-order chi connectivity index (χ0) is 11.6. The first-order chi connectivity index (χ1) is 6.91. The van der Waals surface area contributed by atoms with E-state index < -0.39 is 12.1 Å². The summed E-state index contributed by atoms with van der Waals surface area (Å²) in [4.78, 5) is 10.7. The maximum Gasteiger partial charge on any atom is 0.344 e. The predicted octanol–water partition coefficient (Wildman–Crippen LogP) is 2.92. The number of aryl methyl sites for hydroxylation is 2. The van der Waals surface area contributed by atoms with Crippen LogP contribution < -0.4 is 4.74 Å². The number of carbonyl (C=O) groups is 1. The van der Waals surface area contributed by atoms with Gasteiger partial charge in [0.05, 0.1) is 4.47 Å². The Morgan fingerprint density at radius 1 is 1.47 bits per heavy atom. The van der Waals surface area contributed by atoms with Crippen LogP contribution in [-0.2, 0) is 4.79 Å². The second-order valence-corrected chi connectivity index (χ2v) is 4.35. The summed E-state index contributed by atoms with van der Waals surface area (Å²) in [5, 5.41) is 8.74. The van der Waals surface area contributed by atoms with Crippen LogP contribution in [0, 0.1) is 13.8 Å². The van der Waals surface area contributed by atoms with E-state index in [2.05, 4.69) is 15.9 Å². The number of aliphatic carboxylic acids is 1. The van der Waals surface area contributed by atoms with Gasteiger partial charge in [0.25, 0.3) is 0 Å². The molecule has 0 aliphatic rings. The van der Waals surface area contributed by atoms with E-state index in [0.717, 1.165) is 15.6 Å². The summed E-state index contributed by atoms with van der Waals surface area (Å²) in [6.07, 6.45) is -0.845. The van der Waals surface area contributed by atoms with Gasteiger partial charge in [0, 0.05) is 0 Å². The van der Waals surface area contributed by atoms with Crippen molar-refractivity contribution in [2.24, 2.45) is 0 Å². The fraction of sp³-hybridized carbons (Fsp3) is 0.364. The standard InChI is InChI=1S/C11H13BrO3/c1-6-4-7(2)10(9(12)5-6)15-8(3)11(13)14/h4-5,8H,1-3H3,(H,13,14). The summed E-state index contributed by atoms with van der Waals surface area (Å²) in [7, 11) is 0. The maximum atomic E-state index is 10.7. The summed E-state index contributed by atoms with van der Waals surface area (Å²) >= 11 is 3.36. The van der Waals surface area contributed by atoms with E-state index in [1.807, 2.05) is 26.0 Å². The Morgan fingerprint density at radius 2 is 2.07 bits per heavy atom. The number of rotatable bonds is 3. The second kappa shape index (κ2) is 4.66. The summed E-state index contributed by atoms with van der Waals surface area (Å²) in [5.41, 5.74) is 2.03. The van der Waals surface area contributed by atoms with Gasteiger partial charge in [-0.1, -0.05) is 6.07 Å². The Labute approximate surface area is 97.2 Å². The number of hydrogen-bond donors (Lipinski definition) is 1. The van der Waals surface area contributed by atoms with Crippen LogP contribution >= 0.6 is 15.9 Å². The van der Waals surface area contributed by atoms with E-state index >= 15 is 0 Å². The minimum Gasteiger partial charge on any atom is -0.479 e. The van der Waals surface area contributed by atoms with Crippen LogP contribution in [0.4, 0.5) is 0 Å². The SMILES string of the molecule is Cc1cc(C)c(OC(C)C(=O)O)c(Br)c1. The minimum atomic E-state index is -0.970. The molecule has 0 spiro atoms. The Kier molecular flexibility index (Phi) is 3.74. The number of ether oxygens (including phenoxy) is 1. The monoisotopic (exact) mass is 272 g/mol. The van der Waals surface area contributed by atoms with Gasteiger partial charge in [-0.3, -0.25) is 0 Å². The lowest BCUT2D eigenvalue weighted by atomic mass is 10.1. The number of halogens is 1. The van der Waals surface area contributed by atoms with Gasteiger partial charge in [0.2, 0.25) is 0 Å². The molecule has 82 valence electrons. The molecule has 0 saturated carbocycles. The van der Waals surface area contributed by atoms with Gasteiger partial charge < -0.3 is 9.84 Å². The van der Waals surface area contributed by atoms with E-state index in [4.69, 9.17) is 9.84 Å². The van der Waals surface area contributed by atoms with Gasteiger partial charge in [-0.25, -0.2) is 4.79 Å². The van der Waals surface area contributed by atoms with Crippen LogP contribution in [0.25, 0.3) is 0 Å². The van der Waals surface area contributed by atoms with Crippen LogP contribution in [0.3, 0.4) is 0 Å². The summed E-state index contributed by atoms with van der Waals surface area (Å²) in [6, 6.07) is 3.85. The summed E-state index contributed by atoms with van der Waals surface area (Å²) < 4.78 is 6.13. The zero-order valence-corrected chi connectivity index (χ0v) is 10.5. The van der Waals surface area contributed by atoms with E-state index in [1.165, 1.54) is 6.92 Å². The van der Waals surface area contributed by atoms with Crippen LogP contribution in [0.1, 0.15) is 18.1 Å². The molecule has 1 unspecified atom stereocenters. The first-order valence-electron chi connectivity index (χ1n) is 4.58. The lowest BCUT2D eigenvalue weighted by molar-refractivity contribution is -0.144. The molecule has 0 heterocycles. The van der Waals surface area contributed by atoms with Gasteiger partial charge >= 0.3 is 5.97 Å². The average Bonchev–Trinajstić information content (AvgIpc) is 2.10. The minimum absolute atomic E-state index is 0.593. The molecule has 0 fully saturated rings. The van der Waals surface area contributed by atoms with Gasteiger partial charge in [0.15, 0.2) is 6.10 Å². The first kappa shape index (κ1) is 12.0. The van der Waals surface area contributed by atoms with Gasteiger partial charge in [0.1, 0.15) is 5.75 Å². The Bertz CT molecular complexity index is 364. The largest absolute Gasteiger partial charge is 0.479 e. The van der Waals surface area contributed by atoms with E-state index in [0.29, 0.717) is 5.75 Å². The highest BCUT2D eigenvalue weighted by molar-refractivity contribution is 9.10. The van der Waals surface area contributed by atoms with Gasteiger partial charge in [-0.2, -0.15) is 0 Å². The normalized spacial score (nSPS) is 12.3. The lowest BCUT2D eigenvalue weighted by Gasteiger charge is -2.14. The molecule has 3 nitrogen and oxygen atoms in total. The smallest absolute Gasteiger partial charge is 0.344 e. The fourth-order valence-corrected chi connectivity index (χ4v) is 2.05. The van der Waals surface area contributed by atoms with Crippen LogP contribution in [-0.4, -0.2) is 17.2 Å². The van der Waals surface area contributed by atoms with Crippen molar-refractivity contribution in [2.45, 2.75) is 26.9 Å². The maximum absolute atomic E-state index is 10.7. The van der Waals surface area contributed by atoms with Crippen molar-refractivity contribution in [3.63, 3.8) is 0 Å². The molecule has 1 aromatic rings. The molecule has 0 aromatic heterocycles. The third-order valence-electron chi connectivity index (χ3n) is 2.02. The van der Waals surface area contributed by atoms with Crippen molar-refractivity contribution in [1.29, 1.82) is 0 Å². The molecule has 0 amide bonds. The van der Waals surface area contributed by atoms with Crippen LogP contribution in [0.5, 0.6) is 5.75 Å². The fourth-order valence-electron chi connectivity index (χ4n) is 1.28. The predicted molar refractivity (Wildman–Crippen MR) is 61.3 cm³/mol. The summed E-state index contributed by atoms with van der Waals surface area (Å²) in [5.74, 6) is -0.377. The molecule has 1 atom stereocenters. The quantitative estimate of drug-likeness (QED) is 0.921. The molecule has 1 N–H and O–H groups in total.